The SMILES string of the molecule is CC1(C)CCC(c2nc(Cl)c3c(n2)CCCCC3)CC1. The van der Waals surface area contributed by atoms with E-state index in [-0.39, 0.29) is 0 Å². The molecule has 0 saturated heterocycles. The van der Waals surface area contributed by atoms with Crippen molar-refractivity contribution in [1.82, 2.24) is 9.97 Å². The third-order valence-electron chi connectivity index (χ3n) is 5.10. The summed E-state index contributed by atoms with van der Waals surface area (Å²) >= 11 is 6.44. The van der Waals surface area contributed by atoms with Gasteiger partial charge in [0.15, 0.2) is 0 Å². The van der Waals surface area contributed by atoms with E-state index in [9.17, 15) is 0 Å². The Morgan fingerprint density at radius 1 is 1.00 bits per heavy atom. The standard InChI is InChI=1S/C17H25ClN2/c1-17(2)10-8-12(9-11-17)16-19-14-7-5-3-4-6-13(14)15(18)20-16/h12H,3-11H2,1-2H3. The van der Waals surface area contributed by atoms with Crippen molar-refractivity contribution in [1.29, 1.82) is 0 Å². The fourth-order valence-corrected chi connectivity index (χ4v) is 3.87. The average molecular weight is 293 g/mol. The van der Waals surface area contributed by atoms with Crippen LogP contribution in [0.15, 0.2) is 0 Å². The number of nitrogens with zero attached hydrogens (tertiary/aromatic N) is 2. The van der Waals surface area contributed by atoms with Gasteiger partial charge in [0, 0.05) is 17.2 Å². The Balaban J connectivity index is 1.84. The van der Waals surface area contributed by atoms with Gasteiger partial charge in [-0.1, -0.05) is 31.9 Å². The summed E-state index contributed by atoms with van der Waals surface area (Å²) in [6.07, 6.45) is 10.9. The molecule has 110 valence electrons. The predicted molar refractivity (Wildman–Crippen MR) is 83.3 cm³/mol. The van der Waals surface area contributed by atoms with Crippen LogP contribution in [0.1, 0.15) is 81.8 Å². The van der Waals surface area contributed by atoms with Crippen LogP contribution in [-0.4, -0.2) is 9.97 Å². The summed E-state index contributed by atoms with van der Waals surface area (Å²) in [4.78, 5) is 9.56. The van der Waals surface area contributed by atoms with Crippen LogP contribution in [0.2, 0.25) is 5.15 Å². The summed E-state index contributed by atoms with van der Waals surface area (Å²) in [6.45, 7) is 4.74. The molecule has 3 heteroatoms. The molecule has 1 saturated carbocycles. The van der Waals surface area contributed by atoms with Gasteiger partial charge in [0.1, 0.15) is 11.0 Å². The molecule has 1 heterocycles. The van der Waals surface area contributed by atoms with Crippen LogP contribution in [-0.2, 0) is 12.8 Å². The van der Waals surface area contributed by atoms with Gasteiger partial charge in [-0.15, -0.1) is 0 Å². The van der Waals surface area contributed by atoms with Crippen molar-refractivity contribution in [3.63, 3.8) is 0 Å². The molecule has 3 rings (SSSR count). The molecule has 0 aliphatic heterocycles. The van der Waals surface area contributed by atoms with Crippen LogP contribution in [0.3, 0.4) is 0 Å². The molecule has 0 aromatic carbocycles. The van der Waals surface area contributed by atoms with E-state index in [2.05, 4.69) is 18.8 Å². The first-order valence-corrected chi connectivity index (χ1v) is 8.48. The highest BCUT2D eigenvalue weighted by atomic mass is 35.5. The second kappa shape index (κ2) is 5.63. The molecule has 1 fully saturated rings. The summed E-state index contributed by atoms with van der Waals surface area (Å²) in [5.41, 5.74) is 2.96. The van der Waals surface area contributed by atoms with Crippen LogP contribution in [0, 0.1) is 5.41 Å². The molecule has 0 spiro atoms. The molecule has 0 bridgehead atoms. The number of aromatic nitrogens is 2. The van der Waals surface area contributed by atoms with Crippen molar-refractivity contribution in [3.8, 4) is 0 Å². The van der Waals surface area contributed by atoms with Gasteiger partial charge in [-0.25, -0.2) is 9.97 Å². The first kappa shape index (κ1) is 14.3. The monoisotopic (exact) mass is 292 g/mol. The lowest BCUT2D eigenvalue weighted by molar-refractivity contribution is 0.220. The molecule has 0 radical (unpaired) electrons. The van der Waals surface area contributed by atoms with Gasteiger partial charge in [-0.2, -0.15) is 0 Å². The number of fused-ring (bicyclic) bond motifs is 1. The second-order valence-corrected chi connectivity index (χ2v) is 7.66. The fourth-order valence-electron chi connectivity index (χ4n) is 3.58. The zero-order valence-corrected chi connectivity index (χ0v) is 13.5. The fraction of sp³-hybridized carbons (Fsp3) is 0.765. The summed E-state index contributed by atoms with van der Waals surface area (Å²) in [5, 5.41) is 0.733. The van der Waals surface area contributed by atoms with Crippen molar-refractivity contribution in [2.45, 2.75) is 77.6 Å². The van der Waals surface area contributed by atoms with E-state index in [1.54, 1.807) is 0 Å². The van der Waals surface area contributed by atoms with Gasteiger partial charge in [0.05, 0.1) is 0 Å². The first-order valence-electron chi connectivity index (χ1n) is 8.10. The highest BCUT2D eigenvalue weighted by Gasteiger charge is 2.30. The molecule has 1 aromatic heterocycles. The van der Waals surface area contributed by atoms with E-state index in [4.69, 9.17) is 16.6 Å². The molecular weight excluding hydrogens is 268 g/mol. The van der Waals surface area contributed by atoms with Crippen molar-refractivity contribution >= 4 is 11.6 Å². The summed E-state index contributed by atoms with van der Waals surface area (Å²) in [5.74, 6) is 1.54. The molecule has 0 N–H and O–H groups in total. The zero-order chi connectivity index (χ0) is 14.2. The number of hydrogen-bond donors (Lipinski definition) is 0. The summed E-state index contributed by atoms with van der Waals surface area (Å²) in [7, 11) is 0. The molecule has 0 amide bonds. The highest BCUT2D eigenvalue weighted by Crippen LogP contribution is 2.42. The Hall–Kier alpha value is -0.630. The zero-order valence-electron chi connectivity index (χ0n) is 12.7. The lowest BCUT2D eigenvalue weighted by atomic mass is 9.73. The molecule has 0 unspecified atom stereocenters. The Kier molecular flexibility index (Phi) is 4.03. The minimum Gasteiger partial charge on any atom is -0.237 e. The van der Waals surface area contributed by atoms with E-state index < -0.39 is 0 Å². The lowest BCUT2D eigenvalue weighted by Crippen LogP contribution is -2.22. The minimum atomic E-state index is 0.492. The van der Waals surface area contributed by atoms with Gasteiger partial charge >= 0.3 is 0 Å². The Labute approximate surface area is 127 Å². The van der Waals surface area contributed by atoms with Gasteiger partial charge in [0.2, 0.25) is 0 Å². The Bertz CT molecular complexity index is 486. The van der Waals surface area contributed by atoms with E-state index >= 15 is 0 Å². The van der Waals surface area contributed by atoms with Crippen LogP contribution >= 0.6 is 11.6 Å². The number of halogens is 1. The largest absolute Gasteiger partial charge is 0.237 e. The maximum Gasteiger partial charge on any atom is 0.136 e. The highest BCUT2D eigenvalue weighted by molar-refractivity contribution is 6.30. The second-order valence-electron chi connectivity index (χ2n) is 7.30. The maximum absolute atomic E-state index is 6.44. The first-order chi connectivity index (χ1) is 9.55. The van der Waals surface area contributed by atoms with E-state index in [0.29, 0.717) is 11.3 Å². The molecule has 1 aromatic rings. The molecule has 2 aliphatic rings. The Morgan fingerprint density at radius 3 is 2.45 bits per heavy atom. The molecular formula is C17H25ClN2. The van der Waals surface area contributed by atoms with Crippen molar-refractivity contribution in [2.75, 3.05) is 0 Å². The van der Waals surface area contributed by atoms with Crippen molar-refractivity contribution in [3.05, 3.63) is 22.2 Å². The van der Waals surface area contributed by atoms with Crippen LogP contribution in [0.4, 0.5) is 0 Å². The normalized spacial score (nSPS) is 23.1. The smallest absolute Gasteiger partial charge is 0.136 e. The van der Waals surface area contributed by atoms with Gasteiger partial charge in [0.25, 0.3) is 0 Å². The van der Waals surface area contributed by atoms with E-state index in [1.807, 2.05) is 0 Å². The number of rotatable bonds is 1. The van der Waals surface area contributed by atoms with Crippen molar-refractivity contribution < 1.29 is 0 Å². The minimum absolute atomic E-state index is 0.492. The lowest BCUT2D eigenvalue weighted by Gasteiger charge is -2.33. The van der Waals surface area contributed by atoms with Crippen LogP contribution in [0.5, 0.6) is 0 Å². The third kappa shape index (κ3) is 3.00. The van der Waals surface area contributed by atoms with Gasteiger partial charge < -0.3 is 0 Å². The van der Waals surface area contributed by atoms with E-state index in [1.165, 1.54) is 56.2 Å². The molecule has 0 atom stereocenters. The number of aryl methyl sites for hydroxylation is 1. The van der Waals surface area contributed by atoms with Crippen LogP contribution in [0.25, 0.3) is 0 Å². The van der Waals surface area contributed by atoms with Crippen LogP contribution < -0.4 is 0 Å². The van der Waals surface area contributed by atoms with Gasteiger partial charge in [-0.05, 0) is 56.8 Å². The quantitative estimate of drug-likeness (QED) is 0.533. The van der Waals surface area contributed by atoms with E-state index in [0.717, 1.165) is 23.8 Å². The predicted octanol–water partition coefficient (Wildman–Crippen LogP) is 5.08. The summed E-state index contributed by atoms with van der Waals surface area (Å²) < 4.78 is 0. The Morgan fingerprint density at radius 2 is 1.70 bits per heavy atom. The average Bonchev–Trinajstić information content (AvgIpc) is 2.64. The topological polar surface area (TPSA) is 25.8 Å². The maximum atomic E-state index is 6.44. The number of hydrogen-bond acceptors (Lipinski definition) is 2. The van der Waals surface area contributed by atoms with Crippen molar-refractivity contribution in [2.24, 2.45) is 5.41 Å². The van der Waals surface area contributed by atoms with Gasteiger partial charge in [-0.3, -0.25) is 0 Å². The molecule has 20 heavy (non-hydrogen) atoms. The summed E-state index contributed by atoms with van der Waals surface area (Å²) in [6, 6.07) is 0. The molecule has 2 aliphatic carbocycles. The molecule has 2 nitrogen and oxygen atoms in total. The third-order valence-corrected chi connectivity index (χ3v) is 5.42.